The van der Waals surface area contributed by atoms with E-state index >= 15 is 0 Å². The van der Waals surface area contributed by atoms with Crippen LogP contribution < -0.4 is 9.47 Å². The molecule has 0 amide bonds. The Bertz CT molecular complexity index is 746. The Kier molecular flexibility index (Phi) is 3.47. The van der Waals surface area contributed by atoms with E-state index in [0.717, 1.165) is 12.0 Å². The molecule has 1 aliphatic rings. The second kappa shape index (κ2) is 5.20. The van der Waals surface area contributed by atoms with Crippen molar-refractivity contribution in [2.75, 3.05) is 6.61 Å². The fourth-order valence-electron chi connectivity index (χ4n) is 2.96. The number of rotatable bonds is 3. The summed E-state index contributed by atoms with van der Waals surface area (Å²) < 4.78 is 11.2. The highest BCUT2D eigenvalue weighted by molar-refractivity contribution is 6.01. The molecule has 2 aromatic carbocycles. The van der Waals surface area contributed by atoms with E-state index in [2.05, 4.69) is 0 Å². The number of fused-ring (bicyclic) bond motifs is 3. The Balaban J connectivity index is 2.28. The standard InChI is InChI=1S/C18H20O4/c1-4-8-21-14-7-5-6-11-16(14)13(19)9-12-17(11)22-15(20)10-18(12,2)3/h5-7,9,19H,4,8,10H2,1-3H3. The second-order valence-corrected chi connectivity index (χ2v) is 6.33. The first-order valence-electron chi connectivity index (χ1n) is 7.56. The Morgan fingerprint density at radius 2 is 2.14 bits per heavy atom. The third-order valence-electron chi connectivity index (χ3n) is 4.05. The third kappa shape index (κ3) is 2.28. The van der Waals surface area contributed by atoms with Gasteiger partial charge < -0.3 is 14.6 Å². The van der Waals surface area contributed by atoms with E-state index in [1.54, 1.807) is 6.07 Å². The van der Waals surface area contributed by atoms with Gasteiger partial charge in [0.25, 0.3) is 0 Å². The summed E-state index contributed by atoms with van der Waals surface area (Å²) in [5, 5.41) is 11.8. The maximum absolute atomic E-state index is 11.9. The van der Waals surface area contributed by atoms with Crippen LogP contribution in [0, 0.1) is 0 Å². The average molecular weight is 300 g/mol. The number of carbonyl (C=O) groups excluding carboxylic acids is 1. The van der Waals surface area contributed by atoms with E-state index in [9.17, 15) is 9.90 Å². The van der Waals surface area contributed by atoms with E-state index in [-0.39, 0.29) is 17.1 Å². The highest BCUT2D eigenvalue weighted by atomic mass is 16.5. The first-order chi connectivity index (χ1) is 10.4. The van der Waals surface area contributed by atoms with Crippen LogP contribution in [0.4, 0.5) is 0 Å². The van der Waals surface area contributed by atoms with Crippen LogP contribution in [0.25, 0.3) is 10.8 Å². The minimum absolute atomic E-state index is 0.159. The molecule has 2 aromatic rings. The Labute approximate surface area is 129 Å². The molecule has 0 aliphatic carbocycles. The van der Waals surface area contributed by atoms with Gasteiger partial charge in [0.2, 0.25) is 0 Å². The number of phenols is 1. The summed E-state index contributed by atoms with van der Waals surface area (Å²) in [7, 11) is 0. The highest BCUT2D eigenvalue weighted by Gasteiger charge is 2.36. The first-order valence-corrected chi connectivity index (χ1v) is 7.56. The monoisotopic (exact) mass is 300 g/mol. The maximum Gasteiger partial charge on any atom is 0.312 e. The SMILES string of the molecule is CCCOc1cccc2c3c(cc(O)c12)C(C)(C)CC(=O)O3. The molecule has 0 radical (unpaired) electrons. The Hall–Kier alpha value is -2.23. The molecule has 22 heavy (non-hydrogen) atoms. The van der Waals surface area contributed by atoms with Crippen molar-refractivity contribution in [3.63, 3.8) is 0 Å². The van der Waals surface area contributed by atoms with Crippen LogP contribution in [0.1, 0.15) is 39.2 Å². The lowest BCUT2D eigenvalue weighted by atomic mass is 9.78. The van der Waals surface area contributed by atoms with Gasteiger partial charge in [0.15, 0.2) is 0 Å². The van der Waals surface area contributed by atoms with Crippen molar-refractivity contribution in [2.45, 2.75) is 39.0 Å². The van der Waals surface area contributed by atoms with Gasteiger partial charge in [-0.3, -0.25) is 4.79 Å². The van der Waals surface area contributed by atoms with Crippen molar-refractivity contribution in [1.82, 2.24) is 0 Å². The van der Waals surface area contributed by atoms with Crippen LogP contribution in [0.5, 0.6) is 17.2 Å². The van der Waals surface area contributed by atoms with E-state index < -0.39 is 0 Å². The van der Waals surface area contributed by atoms with Crippen LogP contribution in [-0.4, -0.2) is 17.7 Å². The van der Waals surface area contributed by atoms with E-state index in [1.165, 1.54) is 0 Å². The molecule has 0 bridgehead atoms. The minimum atomic E-state index is -0.364. The topological polar surface area (TPSA) is 55.8 Å². The molecule has 1 heterocycles. The van der Waals surface area contributed by atoms with Gasteiger partial charge in [0, 0.05) is 16.4 Å². The lowest BCUT2D eigenvalue weighted by molar-refractivity contribution is -0.136. The molecule has 0 atom stereocenters. The summed E-state index contributed by atoms with van der Waals surface area (Å²) in [6.45, 7) is 6.56. The number of esters is 1. The largest absolute Gasteiger partial charge is 0.507 e. The third-order valence-corrected chi connectivity index (χ3v) is 4.05. The molecule has 116 valence electrons. The van der Waals surface area contributed by atoms with Gasteiger partial charge in [-0.15, -0.1) is 0 Å². The predicted molar refractivity (Wildman–Crippen MR) is 84.7 cm³/mol. The van der Waals surface area contributed by atoms with Crippen molar-refractivity contribution in [2.24, 2.45) is 0 Å². The van der Waals surface area contributed by atoms with Gasteiger partial charge in [-0.25, -0.2) is 0 Å². The van der Waals surface area contributed by atoms with Crippen LogP contribution in [0.15, 0.2) is 24.3 Å². The Morgan fingerprint density at radius 1 is 1.36 bits per heavy atom. The lowest BCUT2D eigenvalue weighted by Gasteiger charge is -2.32. The molecule has 0 saturated heterocycles. The number of phenolic OH excluding ortho intramolecular Hbond substituents is 1. The van der Waals surface area contributed by atoms with Gasteiger partial charge in [-0.1, -0.05) is 32.9 Å². The smallest absolute Gasteiger partial charge is 0.312 e. The highest BCUT2D eigenvalue weighted by Crippen LogP contribution is 2.48. The van der Waals surface area contributed by atoms with Crippen molar-refractivity contribution in [3.8, 4) is 17.2 Å². The van der Waals surface area contributed by atoms with Crippen molar-refractivity contribution >= 4 is 16.7 Å². The molecule has 3 rings (SSSR count). The summed E-state index contributed by atoms with van der Waals surface area (Å²) in [6, 6.07) is 7.21. The molecule has 1 aliphatic heterocycles. The molecule has 0 spiro atoms. The molecular weight excluding hydrogens is 280 g/mol. The summed E-state index contributed by atoms with van der Waals surface area (Å²) in [5.41, 5.74) is 0.487. The predicted octanol–water partition coefficient (Wildman–Crippen LogP) is 3.92. The Morgan fingerprint density at radius 3 is 2.86 bits per heavy atom. The van der Waals surface area contributed by atoms with Crippen LogP contribution in [0.2, 0.25) is 0 Å². The number of benzene rings is 2. The van der Waals surface area contributed by atoms with Gasteiger partial charge in [-0.05, 0) is 18.6 Å². The zero-order valence-electron chi connectivity index (χ0n) is 13.1. The van der Waals surface area contributed by atoms with Crippen molar-refractivity contribution in [3.05, 3.63) is 29.8 Å². The van der Waals surface area contributed by atoms with E-state index in [0.29, 0.717) is 35.3 Å². The second-order valence-electron chi connectivity index (χ2n) is 6.33. The van der Waals surface area contributed by atoms with E-state index in [1.807, 2.05) is 39.0 Å². The molecule has 0 fully saturated rings. The zero-order chi connectivity index (χ0) is 15.9. The summed E-state index contributed by atoms with van der Waals surface area (Å²) >= 11 is 0. The molecule has 0 saturated carbocycles. The van der Waals surface area contributed by atoms with Crippen molar-refractivity contribution in [1.29, 1.82) is 0 Å². The number of hydrogen-bond acceptors (Lipinski definition) is 4. The molecule has 0 unspecified atom stereocenters. The molecule has 1 N–H and O–H groups in total. The zero-order valence-corrected chi connectivity index (χ0v) is 13.1. The normalized spacial score (nSPS) is 16.2. The maximum atomic E-state index is 11.9. The molecule has 0 aromatic heterocycles. The number of aromatic hydroxyl groups is 1. The van der Waals surface area contributed by atoms with Gasteiger partial charge in [-0.2, -0.15) is 0 Å². The first kappa shape index (κ1) is 14.7. The van der Waals surface area contributed by atoms with Gasteiger partial charge >= 0.3 is 5.97 Å². The number of carbonyl (C=O) groups is 1. The van der Waals surface area contributed by atoms with Crippen LogP contribution in [-0.2, 0) is 10.2 Å². The molecule has 4 heteroatoms. The fraction of sp³-hybridized carbons (Fsp3) is 0.389. The van der Waals surface area contributed by atoms with E-state index in [4.69, 9.17) is 9.47 Å². The number of ether oxygens (including phenoxy) is 2. The fourth-order valence-corrected chi connectivity index (χ4v) is 2.96. The summed E-state index contributed by atoms with van der Waals surface area (Å²) in [5.74, 6) is 1.06. The lowest BCUT2D eigenvalue weighted by Crippen LogP contribution is -2.30. The van der Waals surface area contributed by atoms with Crippen LogP contribution in [0.3, 0.4) is 0 Å². The van der Waals surface area contributed by atoms with Gasteiger partial charge in [0.1, 0.15) is 17.2 Å². The van der Waals surface area contributed by atoms with Crippen molar-refractivity contribution < 1.29 is 19.4 Å². The summed E-state index contributed by atoms with van der Waals surface area (Å²) in [4.78, 5) is 11.9. The molecule has 4 nitrogen and oxygen atoms in total. The quantitative estimate of drug-likeness (QED) is 0.689. The van der Waals surface area contributed by atoms with Crippen LogP contribution >= 0.6 is 0 Å². The summed E-state index contributed by atoms with van der Waals surface area (Å²) in [6.07, 6.45) is 1.18. The minimum Gasteiger partial charge on any atom is -0.507 e. The number of hydrogen-bond donors (Lipinski definition) is 1. The molecular formula is C18H20O4. The average Bonchev–Trinajstić information content (AvgIpc) is 2.45. The van der Waals surface area contributed by atoms with Gasteiger partial charge in [0.05, 0.1) is 18.4 Å².